The normalized spacial score (nSPS) is 11.2. The van der Waals surface area contributed by atoms with Gasteiger partial charge in [0.1, 0.15) is 5.82 Å². The third kappa shape index (κ3) is 3.08. The fourth-order valence-electron chi connectivity index (χ4n) is 2.36. The first-order valence-electron chi connectivity index (χ1n) is 7.10. The number of aromatic nitrogens is 3. The summed E-state index contributed by atoms with van der Waals surface area (Å²) in [7, 11) is 1.64. The number of hydrogen-bond donors (Lipinski definition) is 1. The molecule has 1 N–H and O–H groups in total. The quantitative estimate of drug-likeness (QED) is 0.798. The SMILES string of the molecule is Cn1ncc2c(C(=O)NCC(F)F)cc(-c3cccc(F)c3)nc21. The Labute approximate surface area is 135 Å². The molecule has 2 heterocycles. The highest BCUT2D eigenvalue weighted by Crippen LogP contribution is 2.25. The van der Waals surface area contributed by atoms with Gasteiger partial charge < -0.3 is 5.32 Å². The molecule has 124 valence electrons. The zero-order valence-corrected chi connectivity index (χ0v) is 12.6. The maximum absolute atomic E-state index is 13.4. The standard InChI is InChI=1S/C16H13F3N4O/c1-23-15-12(7-21-23)11(16(24)20-8-14(18)19)6-13(22-15)9-3-2-4-10(17)5-9/h2-7,14H,8H2,1H3,(H,20,24). The predicted octanol–water partition coefficient (Wildman–Crippen LogP) is 2.77. The van der Waals surface area contributed by atoms with E-state index in [0.717, 1.165) is 0 Å². The first kappa shape index (κ1) is 16.0. The molecule has 0 atom stereocenters. The van der Waals surface area contributed by atoms with Gasteiger partial charge in [0.15, 0.2) is 5.65 Å². The van der Waals surface area contributed by atoms with Crippen molar-refractivity contribution in [3.63, 3.8) is 0 Å². The van der Waals surface area contributed by atoms with Crippen molar-refractivity contribution in [1.82, 2.24) is 20.1 Å². The number of pyridine rings is 1. The van der Waals surface area contributed by atoms with Crippen LogP contribution in [0.1, 0.15) is 10.4 Å². The van der Waals surface area contributed by atoms with Gasteiger partial charge in [-0.3, -0.25) is 9.48 Å². The van der Waals surface area contributed by atoms with E-state index >= 15 is 0 Å². The number of benzene rings is 1. The molecule has 0 radical (unpaired) electrons. The van der Waals surface area contributed by atoms with Gasteiger partial charge in [-0.2, -0.15) is 5.10 Å². The summed E-state index contributed by atoms with van der Waals surface area (Å²) in [5.74, 6) is -1.10. The van der Waals surface area contributed by atoms with Crippen LogP contribution in [-0.4, -0.2) is 33.6 Å². The van der Waals surface area contributed by atoms with E-state index in [1.807, 2.05) is 0 Å². The lowest BCUT2D eigenvalue weighted by molar-refractivity contribution is 0.0893. The number of rotatable bonds is 4. The molecule has 0 aliphatic carbocycles. The van der Waals surface area contributed by atoms with E-state index in [-0.39, 0.29) is 5.56 Å². The van der Waals surface area contributed by atoms with E-state index in [2.05, 4.69) is 15.4 Å². The Morgan fingerprint density at radius 3 is 2.83 bits per heavy atom. The van der Waals surface area contributed by atoms with Crippen LogP contribution in [0.2, 0.25) is 0 Å². The van der Waals surface area contributed by atoms with Crippen molar-refractivity contribution in [2.24, 2.45) is 7.05 Å². The minimum absolute atomic E-state index is 0.160. The first-order chi connectivity index (χ1) is 11.5. The third-order valence-corrected chi connectivity index (χ3v) is 3.49. The summed E-state index contributed by atoms with van der Waals surface area (Å²) in [6.45, 7) is -0.752. The summed E-state index contributed by atoms with van der Waals surface area (Å²) in [4.78, 5) is 16.6. The van der Waals surface area contributed by atoms with Gasteiger partial charge in [0.2, 0.25) is 0 Å². The van der Waals surface area contributed by atoms with E-state index < -0.39 is 24.7 Å². The first-order valence-corrected chi connectivity index (χ1v) is 7.10. The number of aryl methyl sites for hydroxylation is 1. The molecular formula is C16H13F3N4O. The Morgan fingerprint density at radius 1 is 1.33 bits per heavy atom. The molecule has 3 aromatic rings. The lowest BCUT2D eigenvalue weighted by atomic mass is 10.1. The molecule has 0 aliphatic heterocycles. The van der Waals surface area contributed by atoms with Gasteiger partial charge in [-0.25, -0.2) is 18.2 Å². The van der Waals surface area contributed by atoms with Gasteiger partial charge in [-0.05, 0) is 18.2 Å². The predicted molar refractivity (Wildman–Crippen MR) is 82.2 cm³/mol. The lowest BCUT2D eigenvalue weighted by Crippen LogP contribution is -2.28. The van der Waals surface area contributed by atoms with Crippen LogP contribution >= 0.6 is 0 Å². The van der Waals surface area contributed by atoms with Crippen molar-refractivity contribution in [1.29, 1.82) is 0 Å². The van der Waals surface area contributed by atoms with Crippen molar-refractivity contribution < 1.29 is 18.0 Å². The highest BCUT2D eigenvalue weighted by atomic mass is 19.3. The van der Waals surface area contributed by atoms with Gasteiger partial charge >= 0.3 is 0 Å². The summed E-state index contributed by atoms with van der Waals surface area (Å²) in [5.41, 5.74) is 1.39. The average Bonchev–Trinajstić information content (AvgIpc) is 2.93. The molecule has 0 spiro atoms. The summed E-state index contributed by atoms with van der Waals surface area (Å²) >= 11 is 0. The van der Waals surface area contributed by atoms with Crippen molar-refractivity contribution in [3.8, 4) is 11.3 Å². The average molecular weight is 334 g/mol. The number of nitrogens with one attached hydrogen (secondary N) is 1. The number of carbonyl (C=O) groups is 1. The molecule has 0 saturated carbocycles. The van der Waals surface area contributed by atoms with Gasteiger partial charge in [0.25, 0.3) is 12.3 Å². The second-order valence-corrected chi connectivity index (χ2v) is 5.17. The van der Waals surface area contributed by atoms with E-state index in [1.54, 1.807) is 13.1 Å². The fraction of sp³-hybridized carbons (Fsp3) is 0.188. The molecule has 0 bridgehead atoms. The van der Waals surface area contributed by atoms with Crippen LogP contribution in [0.5, 0.6) is 0 Å². The molecule has 0 aliphatic rings. The zero-order chi connectivity index (χ0) is 17.3. The molecular weight excluding hydrogens is 321 g/mol. The van der Waals surface area contributed by atoms with E-state index in [9.17, 15) is 18.0 Å². The molecule has 1 aromatic carbocycles. The van der Waals surface area contributed by atoms with Crippen LogP contribution in [0.25, 0.3) is 22.3 Å². The maximum Gasteiger partial charge on any atom is 0.255 e. The second-order valence-electron chi connectivity index (χ2n) is 5.17. The number of carbonyl (C=O) groups excluding carboxylic acids is 1. The molecule has 5 nitrogen and oxygen atoms in total. The van der Waals surface area contributed by atoms with E-state index in [4.69, 9.17) is 0 Å². The van der Waals surface area contributed by atoms with E-state index in [1.165, 1.54) is 35.1 Å². The number of alkyl halides is 2. The zero-order valence-electron chi connectivity index (χ0n) is 12.6. The Hall–Kier alpha value is -2.90. The van der Waals surface area contributed by atoms with Crippen LogP contribution in [0, 0.1) is 5.82 Å². The van der Waals surface area contributed by atoms with Crippen LogP contribution < -0.4 is 5.32 Å². The van der Waals surface area contributed by atoms with Crippen molar-refractivity contribution >= 4 is 16.9 Å². The van der Waals surface area contributed by atoms with Gasteiger partial charge in [-0.1, -0.05) is 12.1 Å². The Balaban J connectivity index is 2.12. The molecule has 0 fully saturated rings. The lowest BCUT2D eigenvalue weighted by Gasteiger charge is -2.09. The number of amides is 1. The number of nitrogens with zero attached hydrogens (tertiary/aromatic N) is 3. The topological polar surface area (TPSA) is 59.8 Å². The maximum atomic E-state index is 13.4. The van der Waals surface area contributed by atoms with Crippen LogP contribution in [-0.2, 0) is 7.05 Å². The number of hydrogen-bond acceptors (Lipinski definition) is 3. The van der Waals surface area contributed by atoms with Crippen LogP contribution in [0.4, 0.5) is 13.2 Å². The minimum atomic E-state index is -2.65. The smallest absolute Gasteiger partial charge is 0.255 e. The minimum Gasteiger partial charge on any atom is -0.346 e. The monoisotopic (exact) mass is 334 g/mol. The Morgan fingerprint density at radius 2 is 2.12 bits per heavy atom. The van der Waals surface area contributed by atoms with Crippen LogP contribution in [0.3, 0.4) is 0 Å². The fourth-order valence-corrected chi connectivity index (χ4v) is 2.36. The summed E-state index contributed by atoms with van der Waals surface area (Å²) < 4.78 is 39.6. The summed E-state index contributed by atoms with van der Waals surface area (Å²) in [5, 5.41) is 6.63. The van der Waals surface area contributed by atoms with Crippen LogP contribution in [0.15, 0.2) is 36.5 Å². The third-order valence-electron chi connectivity index (χ3n) is 3.49. The summed E-state index contributed by atoms with van der Waals surface area (Å²) in [6.07, 6.45) is -1.21. The Bertz CT molecular complexity index is 907. The molecule has 3 rings (SSSR count). The van der Waals surface area contributed by atoms with Crippen molar-refractivity contribution in [2.45, 2.75) is 6.43 Å². The second kappa shape index (κ2) is 6.31. The largest absolute Gasteiger partial charge is 0.346 e. The molecule has 24 heavy (non-hydrogen) atoms. The van der Waals surface area contributed by atoms with Crippen molar-refractivity contribution in [2.75, 3.05) is 6.54 Å². The van der Waals surface area contributed by atoms with Gasteiger partial charge in [0, 0.05) is 12.6 Å². The molecule has 8 heteroatoms. The van der Waals surface area contributed by atoms with Gasteiger partial charge in [-0.15, -0.1) is 0 Å². The molecule has 0 saturated heterocycles. The molecule has 0 unspecified atom stereocenters. The number of fused-ring (bicyclic) bond motifs is 1. The van der Waals surface area contributed by atoms with Crippen molar-refractivity contribution in [3.05, 3.63) is 47.9 Å². The summed E-state index contributed by atoms with van der Waals surface area (Å²) in [6, 6.07) is 7.19. The van der Waals surface area contributed by atoms with E-state index in [0.29, 0.717) is 22.3 Å². The Kier molecular flexibility index (Phi) is 4.20. The van der Waals surface area contributed by atoms with Gasteiger partial charge in [0.05, 0.1) is 29.4 Å². The molecule has 2 aromatic heterocycles. The number of halogens is 3. The highest BCUT2D eigenvalue weighted by molar-refractivity contribution is 6.06. The molecule has 1 amide bonds. The highest BCUT2D eigenvalue weighted by Gasteiger charge is 2.17.